The molecule has 0 aliphatic heterocycles. The number of rotatable bonds is 5. The summed E-state index contributed by atoms with van der Waals surface area (Å²) in [5.74, 6) is 0.949. The number of hydrogen-bond acceptors (Lipinski definition) is 2. The molecule has 3 rings (SSSR count). The SMILES string of the molecule is Cc1cccc(C(C)C)c1NC(=O)c1ccc(Oc2ccc(F)cc2)cc1. The molecule has 0 heterocycles. The zero-order valence-electron chi connectivity index (χ0n) is 15.6. The van der Waals surface area contributed by atoms with Gasteiger partial charge in [-0.25, -0.2) is 4.39 Å². The van der Waals surface area contributed by atoms with Crippen molar-refractivity contribution in [1.29, 1.82) is 0 Å². The minimum Gasteiger partial charge on any atom is -0.457 e. The van der Waals surface area contributed by atoms with Crippen molar-refractivity contribution in [3.8, 4) is 11.5 Å². The van der Waals surface area contributed by atoms with E-state index in [0.29, 0.717) is 23.0 Å². The second-order valence-corrected chi connectivity index (χ2v) is 6.73. The summed E-state index contributed by atoms with van der Waals surface area (Å²) in [6, 6.07) is 18.7. The third kappa shape index (κ3) is 4.53. The van der Waals surface area contributed by atoms with Gasteiger partial charge in [-0.15, -0.1) is 0 Å². The van der Waals surface area contributed by atoms with E-state index in [1.54, 1.807) is 36.4 Å². The van der Waals surface area contributed by atoms with Crippen molar-refractivity contribution in [2.24, 2.45) is 0 Å². The second kappa shape index (κ2) is 8.04. The third-order valence-electron chi connectivity index (χ3n) is 4.33. The van der Waals surface area contributed by atoms with Gasteiger partial charge < -0.3 is 10.1 Å². The van der Waals surface area contributed by atoms with Gasteiger partial charge in [0.25, 0.3) is 5.91 Å². The van der Waals surface area contributed by atoms with Gasteiger partial charge in [-0.2, -0.15) is 0 Å². The standard InChI is InChI=1S/C23H22FNO2/c1-15(2)21-6-4-5-16(3)22(21)25-23(26)17-7-11-19(12-8-17)27-20-13-9-18(24)10-14-20/h4-15H,1-3H3,(H,25,26). The number of benzene rings is 3. The van der Waals surface area contributed by atoms with E-state index >= 15 is 0 Å². The van der Waals surface area contributed by atoms with Crippen LogP contribution in [0.1, 0.15) is 41.3 Å². The maximum atomic E-state index is 13.0. The highest BCUT2D eigenvalue weighted by atomic mass is 19.1. The van der Waals surface area contributed by atoms with Gasteiger partial charge in [-0.1, -0.05) is 32.0 Å². The molecule has 0 aromatic heterocycles. The van der Waals surface area contributed by atoms with E-state index < -0.39 is 0 Å². The van der Waals surface area contributed by atoms with Crippen molar-refractivity contribution in [2.45, 2.75) is 26.7 Å². The smallest absolute Gasteiger partial charge is 0.255 e. The molecule has 0 aliphatic carbocycles. The Morgan fingerprint density at radius 3 is 2.11 bits per heavy atom. The topological polar surface area (TPSA) is 38.3 Å². The Morgan fingerprint density at radius 1 is 0.926 bits per heavy atom. The Hall–Kier alpha value is -3.14. The maximum absolute atomic E-state index is 13.0. The molecule has 4 heteroatoms. The number of nitrogens with one attached hydrogen (secondary N) is 1. The highest BCUT2D eigenvalue weighted by Crippen LogP contribution is 2.28. The van der Waals surface area contributed by atoms with Crippen LogP contribution in [0.2, 0.25) is 0 Å². The third-order valence-corrected chi connectivity index (χ3v) is 4.33. The number of ether oxygens (including phenoxy) is 1. The van der Waals surface area contributed by atoms with Gasteiger partial charge in [-0.3, -0.25) is 4.79 Å². The molecule has 1 amide bonds. The first-order valence-corrected chi connectivity index (χ1v) is 8.88. The van der Waals surface area contributed by atoms with Crippen molar-refractivity contribution in [3.05, 3.63) is 89.2 Å². The van der Waals surface area contributed by atoms with E-state index in [9.17, 15) is 9.18 Å². The van der Waals surface area contributed by atoms with Crippen molar-refractivity contribution >= 4 is 11.6 Å². The van der Waals surface area contributed by atoms with Crippen molar-refractivity contribution in [1.82, 2.24) is 0 Å². The fourth-order valence-corrected chi connectivity index (χ4v) is 2.84. The summed E-state index contributed by atoms with van der Waals surface area (Å²) in [6.07, 6.45) is 0. The number of aryl methyl sites for hydroxylation is 1. The zero-order chi connectivity index (χ0) is 19.4. The molecule has 3 aromatic carbocycles. The van der Waals surface area contributed by atoms with E-state index in [4.69, 9.17) is 4.74 Å². The van der Waals surface area contributed by atoms with E-state index in [-0.39, 0.29) is 11.7 Å². The monoisotopic (exact) mass is 363 g/mol. The number of hydrogen-bond donors (Lipinski definition) is 1. The average molecular weight is 363 g/mol. The molecule has 0 bridgehead atoms. The molecule has 0 fully saturated rings. The normalized spacial score (nSPS) is 10.7. The lowest BCUT2D eigenvalue weighted by Gasteiger charge is -2.16. The number of anilines is 1. The van der Waals surface area contributed by atoms with E-state index in [1.165, 1.54) is 12.1 Å². The summed E-state index contributed by atoms with van der Waals surface area (Å²) in [4.78, 5) is 12.7. The van der Waals surface area contributed by atoms with Crippen LogP contribution in [0.4, 0.5) is 10.1 Å². The fourth-order valence-electron chi connectivity index (χ4n) is 2.84. The Balaban J connectivity index is 1.74. The minimum atomic E-state index is -0.314. The van der Waals surface area contributed by atoms with E-state index in [2.05, 4.69) is 19.2 Å². The van der Waals surface area contributed by atoms with E-state index in [1.807, 2.05) is 25.1 Å². The van der Waals surface area contributed by atoms with Gasteiger partial charge in [0.2, 0.25) is 0 Å². The van der Waals surface area contributed by atoms with Crippen LogP contribution >= 0.6 is 0 Å². The molecule has 0 spiro atoms. The summed E-state index contributed by atoms with van der Waals surface area (Å²) >= 11 is 0. The first kappa shape index (κ1) is 18.6. The van der Waals surface area contributed by atoms with Crippen molar-refractivity contribution in [3.63, 3.8) is 0 Å². The molecule has 0 atom stereocenters. The fraction of sp³-hybridized carbons (Fsp3) is 0.174. The highest BCUT2D eigenvalue weighted by Gasteiger charge is 2.13. The lowest BCUT2D eigenvalue weighted by molar-refractivity contribution is 0.102. The molecule has 0 saturated heterocycles. The van der Waals surface area contributed by atoms with Crippen LogP contribution in [0.3, 0.4) is 0 Å². The summed E-state index contributed by atoms with van der Waals surface area (Å²) in [5.41, 5.74) is 3.55. The molecular weight excluding hydrogens is 341 g/mol. The van der Waals surface area contributed by atoms with Crippen LogP contribution < -0.4 is 10.1 Å². The number of carbonyl (C=O) groups excluding carboxylic acids is 1. The number of amides is 1. The largest absolute Gasteiger partial charge is 0.457 e. The molecule has 0 aliphatic rings. The number of halogens is 1. The van der Waals surface area contributed by atoms with Crippen molar-refractivity contribution < 1.29 is 13.9 Å². The van der Waals surface area contributed by atoms with Gasteiger partial charge >= 0.3 is 0 Å². The zero-order valence-corrected chi connectivity index (χ0v) is 15.6. The maximum Gasteiger partial charge on any atom is 0.255 e. The van der Waals surface area contributed by atoms with Crippen LogP contribution in [-0.2, 0) is 0 Å². The highest BCUT2D eigenvalue weighted by molar-refractivity contribution is 6.05. The molecule has 27 heavy (non-hydrogen) atoms. The predicted molar refractivity (Wildman–Crippen MR) is 106 cm³/mol. The molecule has 0 radical (unpaired) electrons. The lowest BCUT2D eigenvalue weighted by Crippen LogP contribution is -2.14. The van der Waals surface area contributed by atoms with Crippen LogP contribution in [0.15, 0.2) is 66.7 Å². The first-order valence-electron chi connectivity index (χ1n) is 8.88. The molecule has 3 nitrogen and oxygen atoms in total. The van der Waals surface area contributed by atoms with E-state index in [0.717, 1.165) is 16.8 Å². The molecule has 3 aromatic rings. The Kier molecular flexibility index (Phi) is 5.55. The summed E-state index contributed by atoms with van der Waals surface area (Å²) in [6.45, 7) is 6.19. The van der Waals surface area contributed by atoms with Crippen molar-refractivity contribution in [2.75, 3.05) is 5.32 Å². The minimum absolute atomic E-state index is 0.167. The van der Waals surface area contributed by atoms with Gasteiger partial charge in [-0.05, 0) is 72.5 Å². The molecular formula is C23H22FNO2. The Bertz CT molecular complexity index is 932. The number of carbonyl (C=O) groups is 1. The number of para-hydroxylation sites is 1. The quantitative estimate of drug-likeness (QED) is 0.577. The average Bonchev–Trinajstić information content (AvgIpc) is 2.65. The Labute approximate surface area is 158 Å². The predicted octanol–water partition coefficient (Wildman–Crippen LogP) is 6.30. The molecule has 1 N–H and O–H groups in total. The Morgan fingerprint density at radius 2 is 1.52 bits per heavy atom. The van der Waals surface area contributed by atoms with Crippen LogP contribution in [0.25, 0.3) is 0 Å². The van der Waals surface area contributed by atoms with Gasteiger partial charge in [0.15, 0.2) is 0 Å². The molecule has 0 unspecified atom stereocenters. The second-order valence-electron chi connectivity index (χ2n) is 6.73. The lowest BCUT2D eigenvalue weighted by atomic mass is 9.98. The van der Waals surface area contributed by atoms with Crippen LogP contribution in [0, 0.1) is 12.7 Å². The molecule has 138 valence electrons. The summed E-state index contributed by atoms with van der Waals surface area (Å²) in [7, 11) is 0. The molecule has 0 saturated carbocycles. The first-order chi connectivity index (χ1) is 12.9. The summed E-state index contributed by atoms with van der Waals surface area (Å²) < 4.78 is 18.6. The van der Waals surface area contributed by atoms with Gasteiger partial charge in [0.05, 0.1) is 0 Å². The van der Waals surface area contributed by atoms with Gasteiger partial charge in [0.1, 0.15) is 17.3 Å². The van der Waals surface area contributed by atoms with Gasteiger partial charge in [0, 0.05) is 11.3 Å². The van der Waals surface area contributed by atoms with Crippen LogP contribution in [-0.4, -0.2) is 5.91 Å². The summed E-state index contributed by atoms with van der Waals surface area (Å²) in [5, 5.41) is 3.03. The van der Waals surface area contributed by atoms with Crippen LogP contribution in [0.5, 0.6) is 11.5 Å².